The minimum absolute atomic E-state index is 0.128. The molecule has 2 aromatic carbocycles. The van der Waals surface area contributed by atoms with Crippen LogP contribution in [0.2, 0.25) is 0 Å². The molecule has 4 nitrogen and oxygen atoms in total. The number of carbonyl (C=O) groups is 4. The van der Waals surface area contributed by atoms with E-state index in [9.17, 15) is 19.2 Å². The predicted octanol–water partition coefficient (Wildman–Crippen LogP) is 3.51. The van der Waals surface area contributed by atoms with Gasteiger partial charge in [0.25, 0.3) is 0 Å². The molecule has 0 amide bonds. The van der Waals surface area contributed by atoms with Crippen LogP contribution in [0.3, 0.4) is 0 Å². The van der Waals surface area contributed by atoms with E-state index in [0.717, 1.165) is 21.9 Å². The van der Waals surface area contributed by atoms with E-state index in [-0.39, 0.29) is 23.1 Å². The van der Waals surface area contributed by atoms with Crippen LogP contribution < -0.4 is 0 Å². The number of benzene rings is 2. The van der Waals surface area contributed by atoms with Crippen LogP contribution in [0, 0.1) is 11.8 Å². The maximum absolute atomic E-state index is 11.7. The summed E-state index contributed by atoms with van der Waals surface area (Å²) < 4.78 is 0. The first-order chi connectivity index (χ1) is 12.2. The van der Waals surface area contributed by atoms with Gasteiger partial charge < -0.3 is 0 Å². The fraction of sp³-hybridized carbons (Fsp3) is 0.364. The van der Waals surface area contributed by atoms with Crippen LogP contribution in [0.1, 0.15) is 38.8 Å². The fourth-order valence-electron chi connectivity index (χ4n) is 3.22. The third-order valence-corrected chi connectivity index (χ3v) is 4.81. The molecule has 0 aliphatic carbocycles. The Bertz CT molecular complexity index is 782. The minimum atomic E-state index is -0.615. The number of carbonyl (C=O) groups excluding carboxylic acids is 4. The van der Waals surface area contributed by atoms with Gasteiger partial charge in [-0.2, -0.15) is 0 Å². The van der Waals surface area contributed by atoms with Crippen LogP contribution in [-0.2, 0) is 32.0 Å². The summed E-state index contributed by atoms with van der Waals surface area (Å²) in [6.07, 6.45) is 0.767. The lowest BCUT2D eigenvalue weighted by atomic mass is 9.90. The molecule has 0 heterocycles. The molecule has 4 heteroatoms. The van der Waals surface area contributed by atoms with Crippen LogP contribution in [0.4, 0.5) is 0 Å². The monoisotopic (exact) mass is 352 g/mol. The zero-order chi connectivity index (χ0) is 19.4. The summed E-state index contributed by atoms with van der Waals surface area (Å²) in [5.41, 5.74) is 1.83. The highest BCUT2D eigenvalue weighted by atomic mass is 16.2. The van der Waals surface area contributed by atoms with E-state index in [1.165, 1.54) is 27.7 Å². The molecule has 0 saturated carbocycles. The van der Waals surface area contributed by atoms with Gasteiger partial charge in [0, 0.05) is 0 Å². The van der Waals surface area contributed by atoms with Gasteiger partial charge in [-0.05, 0) is 62.4 Å². The highest BCUT2D eigenvalue weighted by Crippen LogP contribution is 2.22. The average Bonchev–Trinajstić information content (AvgIpc) is 2.55. The summed E-state index contributed by atoms with van der Waals surface area (Å²) >= 11 is 0. The Labute approximate surface area is 153 Å². The summed E-state index contributed by atoms with van der Waals surface area (Å²) in [6, 6.07) is 11.7. The van der Waals surface area contributed by atoms with Crippen LogP contribution >= 0.6 is 0 Å². The van der Waals surface area contributed by atoms with E-state index < -0.39 is 11.8 Å². The molecule has 0 saturated heterocycles. The molecule has 0 aromatic heterocycles. The second-order valence-electron chi connectivity index (χ2n) is 6.97. The van der Waals surface area contributed by atoms with Gasteiger partial charge in [0.1, 0.15) is 23.1 Å². The Balaban J connectivity index is 2.33. The van der Waals surface area contributed by atoms with Crippen molar-refractivity contribution in [3.8, 4) is 0 Å². The van der Waals surface area contributed by atoms with Crippen LogP contribution in [0.15, 0.2) is 36.4 Å². The van der Waals surface area contributed by atoms with Crippen LogP contribution in [0.25, 0.3) is 10.8 Å². The quantitative estimate of drug-likeness (QED) is 0.682. The summed E-state index contributed by atoms with van der Waals surface area (Å²) in [5, 5.41) is 2.00. The third-order valence-electron chi connectivity index (χ3n) is 4.81. The number of Topliss-reactive ketones (excluding diaryl/α,β-unsaturated/α-hetero) is 4. The molecule has 0 aliphatic heterocycles. The Morgan fingerprint density at radius 3 is 1.27 bits per heavy atom. The third kappa shape index (κ3) is 4.72. The number of hydrogen-bond donors (Lipinski definition) is 0. The standard InChI is InChI=1S/C22H24O4/c1-13(23)21(14(2)24)11-17-5-7-19-8-6-18(10-20(19)9-17)12-22(15(3)25)16(4)26/h5-10,21-22H,11-12H2,1-4H3. The SMILES string of the molecule is CC(=O)C(Cc1ccc2ccc(CC(C(C)=O)C(C)=O)cc2c1)C(C)=O. The molecule has 0 bridgehead atoms. The zero-order valence-corrected chi connectivity index (χ0v) is 15.7. The average molecular weight is 352 g/mol. The maximum atomic E-state index is 11.7. The second-order valence-corrected chi connectivity index (χ2v) is 6.97. The van der Waals surface area contributed by atoms with Gasteiger partial charge in [-0.3, -0.25) is 19.2 Å². The summed E-state index contributed by atoms with van der Waals surface area (Å²) in [7, 11) is 0. The van der Waals surface area contributed by atoms with E-state index in [1.54, 1.807) is 0 Å². The van der Waals surface area contributed by atoms with Crippen LogP contribution in [-0.4, -0.2) is 23.1 Å². The topological polar surface area (TPSA) is 68.3 Å². The van der Waals surface area contributed by atoms with E-state index in [2.05, 4.69) is 0 Å². The number of ketones is 4. The molecular formula is C22H24O4. The normalized spacial score (nSPS) is 11.2. The van der Waals surface area contributed by atoms with Crippen LogP contribution in [0.5, 0.6) is 0 Å². The van der Waals surface area contributed by atoms with Crippen molar-refractivity contribution >= 4 is 33.9 Å². The molecule has 0 N–H and O–H groups in total. The van der Waals surface area contributed by atoms with Gasteiger partial charge in [-0.25, -0.2) is 0 Å². The van der Waals surface area contributed by atoms with Crippen molar-refractivity contribution in [2.45, 2.75) is 40.5 Å². The highest BCUT2D eigenvalue weighted by Gasteiger charge is 2.21. The van der Waals surface area contributed by atoms with Crippen molar-refractivity contribution in [2.75, 3.05) is 0 Å². The van der Waals surface area contributed by atoms with Gasteiger partial charge in [-0.15, -0.1) is 0 Å². The van der Waals surface area contributed by atoms with Crippen molar-refractivity contribution in [1.29, 1.82) is 0 Å². The van der Waals surface area contributed by atoms with Crippen molar-refractivity contribution in [3.63, 3.8) is 0 Å². The maximum Gasteiger partial charge on any atom is 0.140 e. The lowest BCUT2D eigenvalue weighted by Crippen LogP contribution is -2.22. The molecule has 2 aromatic rings. The number of rotatable bonds is 8. The van der Waals surface area contributed by atoms with Gasteiger partial charge in [0.05, 0.1) is 11.8 Å². The molecule has 2 rings (SSSR count). The number of fused-ring (bicyclic) bond motifs is 1. The van der Waals surface area contributed by atoms with E-state index in [4.69, 9.17) is 0 Å². The Morgan fingerprint density at radius 1 is 0.615 bits per heavy atom. The van der Waals surface area contributed by atoms with Gasteiger partial charge in [0.2, 0.25) is 0 Å². The molecular weight excluding hydrogens is 328 g/mol. The fourth-order valence-corrected chi connectivity index (χ4v) is 3.22. The molecule has 0 unspecified atom stereocenters. The minimum Gasteiger partial charge on any atom is -0.299 e. The van der Waals surface area contributed by atoms with Gasteiger partial charge in [-0.1, -0.05) is 36.4 Å². The van der Waals surface area contributed by atoms with Crippen molar-refractivity contribution in [2.24, 2.45) is 11.8 Å². The zero-order valence-electron chi connectivity index (χ0n) is 15.7. The summed E-state index contributed by atoms with van der Waals surface area (Å²) in [5.74, 6) is -1.74. The molecule has 0 atom stereocenters. The first-order valence-corrected chi connectivity index (χ1v) is 8.72. The Hall–Kier alpha value is -2.62. The molecule has 0 radical (unpaired) electrons. The second kappa shape index (κ2) is 8.17. The molecule has 26 heavy (non-hydrogen) atoms. The first kappa shape index (κ1) is 19.7. The van der Waals surface area contributed by atoms with Crippen molar-refractivity contribution in [1.82, 2.24) is 0 Å². The Morgan fingerprint density at radius 2 is 0.962 bits per heavy atom. The number of hydrogen-bond acceptors (Lipinski definition) is 4. The van der Waals surface area contributed by atoms with E-state index in [1.807, 2.05) is 36.4 Å². The Kier molecular flexibility index (Phi) is 6.19. The smallest absolute Gasteiger partial charge is 0.140 e. The van der Waals surface area contributed by atoms with E-state index in [0.29, 0.717) is 12.8 Å². The van der Waals surface area contributed by atoms with Gasteiger partial charge in [0.15, 0.2) is 0 Å². The van der Waals surface area contributed by atoms with Gasteiger partial charge >= 0.3 is 0 Å². The molecule has 0 fully saturated rings. The molecule has 136 valence electrons. The largest absolute Gasteiger partial charge is 0.299 e. The predicted molar refractivity (Wildman–Crippen MR) is 101 cm³/mol. The van der Waals surface area contributed by atoms with Crippen molar-refractivity contribution < 1.29 is 19.2 Å². The molecule has 0 spiro atoms. The lowest BCUT2D eigenvalue weighted by molar-refractivity contribution is -0.131. The van der Waals surface area contributed by atoms with Crippen molar-refractivity contribution in [3.05, 3.63) is 47.5 Å². The summed E-state index contributed by atoms with van der Waals surface area (Å²) in [4.78, 5) is 46.7. The highest BCUT2D eigenvalue weighted by molar-refractivity contribution is 6.01. The van der Waals surface area contributed by atoms with E-state index >= 15 is 0 Å². The summed E-state index contributed by atoms with van der Waals surface area (Å²) in [6.45, 7) is 5.76. The molecule has 0 aliphatic rings. The first-order valence-electron chi connectivity index (χ1n) is 8.72. The lowest BCUT2D eigenvalue weighted by Gasteiger charge is -2.13.